The minimum absolute atomic E-state index is 0.0369. The number of nitriles is 1. The molecule has 118 valence electrons. The summed E-state index contributed by atoms with van der Waals surface area (Å²) in [6.45, 7) is 2.01. The second-order valence-electron chi connectivity index (χ2n) is 5.25. The van der Waals surface area contributed by atoms with Gasteiger partial charge in [0.05, 0.1) is 11.3 Å². The standard InChI is InChI=1S/C18H19N3OS/c1-14(9-10-15-6-3-2-4-7-15)21-17(22)13-23-18-16(12-19)8-5-11-20-18/h2-8,11,14H,9-10,13H2,1H3,(H,21,22)/t14-/m0/s1. The van der Waals surface area contributed by atoms with Crippen LogP contribution in [0.3, 0.4) is 0 Å². The summed E-state index contributed by atoms with van der Waals surface area (Å²) in [4.78, 5) is 16.1. The highest BCUT2D eigenvalue weighted by Gasteiger charge is 2.10. The third kappa shape index (κ3) is 5.76. The fraction of sp³-hybridized carbons (Fsp3) is 0.278. The molecule has 2 aromatic rings. The lowest BCUT2D eigenvalue weighted by atomic mass is 10.1. The van der Waals surface area contributed by atoms with Gasteiger partial charge in [-0.3, -0.25) is 4.79 Å². The predicted molar refractivity (Wildman–Crippen MR) is 92.0 cm³/mol. The van der Waals surface area contributed by atoms with Crippen LogP contribution in [0.4, 0.5) is 0 Å². The van der Waals surface area contributed by atoms with Crippen molar-refractivity contribution in [3.05, 3.63) is 59.8 Å². The molecule has 1 amide bonds. The van der Waals surface area contributed by atoms with Gasteiger partial charge in [-0.15, -0.1) is 0 Å². The smallest absolute Gasteiger partial charge is 0.230 e. The van der Waals surface area contributed by atoms with Crippen molar-refractivity contribution in [2.24, 2.45) is 0 Å². The third-order valence-electron chi connectivity index (χ3n) is 3.35. The van der Waals surface area contributed by atoms with Gasteiger partial charge in [0.25, 0.3) is 0 Å². The minimum atomic E-state index is -0.0369. The molecule has 1 aromatic carbocycles. The molecular weight excluding hydrogens is 306 g/mol. The number of nitrogens with zero attached hydrogens (tertiary/aromatic N) is 2. The van der Waals surface area contributed by atoms with E-state index in [4.69, 9.17) is 5.26 Å². The molecule has 0 aliphatic heterocycles. The largest absolute Gasteiger partial charge is 0.353 e. The van der Waals surface area contributed by atoms with Gasteiger partial charge in [0.15, 0.2) is 0 Å². The van der Waals surface area contributed by atoms with Gasteiger partial charge < -0.3 is 5.32 Å². The number of carbonyl (C=O) groups excluding carboxylic acids is 1. The lowest BCUT2D eigenvalue weighted by molar-refractivity contribution is -0.119. The van der Waals surface area contributed by atoms with Gasteiger partial charge in [-0.05, 0) is 37.5 Å². The quantitative estimate of drug-likeness (QED) is 0.794. The molecular formula is C18H19N3OS. The van der Waals surface area contributed by atoms with Crippen molar-refractivity contribution in [3.8, 4) is 6.07 Å². The first-order valence-electron chi connectivity index (χ1n) is 7.50. The summed E-state index contributed by atoms with van der Waals surface area (Å²) >= 11 is 1.29. The van der Waals surface area contributed by atoms with Crippen LogP contribution in [0.5, 0.6) is 0 Å². The number of hydrogen-bond acceptors (Lipinski definition) is 4. The summed E-state index contributed by atoms with van der Waals surface area (Å²) in [6, 6.07) is 15.8. The number of nitrogens with one attached hydrogen (secondary N) is 1. The average molecular weight is 325 g/mol. The lowest BCUT2D eigenvalue weighted by Crippen LogP contribution is -2.34. The number of rotatable bonds is 7. The Morgan fingerprint density at radius 3 is 2.83 bits per heavy atom. The van der Waals surface area contributed by atoms with E-state index in [0.29, 0.717) is 10.6 Å². The normalized spacial score (nSPS) is 11.5. The van der Waals surface area contributed by atoms with Crippen LogP contribution >= 0.6 is 11.8 Å². The third-order valence-corrected chi connectivity index (χ3v) is 4.35. The van der Waals surface area contributed by atoms with Crippen molar-refractivity contribution in [3.63, 3.8) is 0 Å². The van der Waals surface area contributed by atoms with E-state index in [-0.39, 0.29) is 17.7 Å². The summed E-state index contributed by atoms with van der Waals surface area (Å²) in [5.41, 5.74) is 1.78. The average Bonchev–Trinajstić information content (AvgIpc) is 2.59. The lowest BCUT2D eigenvalue weighted by Gasteiger charge is -2.13. The number of carbonyl (C=O) groups is 1. The molecule has 0 saturated heterocycles. The van der Waals surface area contributed by atoms with E-state index in [1.807, 2.05) is 25.1 Å². The molecule has 1 atom stereocenters. The number of hydrogen-bond donors (Lipinski definition) is 1. The first-order valence-corrected chi connectivity index (χ1v) is 8.49. The summed E-state index contributed by atoms with van der Waals surface area (Å²) in [7, 11) is 0. The van der Waals surface area contributed by atoms with Crippen molar-refractivity contribution >= 4 is 17.7 Å². The maximum absolute atomic E-state index is 12.0. The maximum Gasteiger partial charge on any atom is 0.230 e. The van der Waals surface area contributed by atoms with Gasteiger partial charge in [0.1, 0.15) is 11.1 Å². The summed E-state index contributed by atoms with van der Waals surface area (Å²) in [6.07, 6.45) is 3.46. The second-order valence-corrected chi connectivity index (χ2v) is 6.21. The van der Waals surface area contributed by atoms with E-state index in [1.54, 1.807) is 18.3 Å². The zero-order valence-electron chi connectivity index (χ0n) is 13.0. The first kappa shape index (κ1) is 17.0. The van der Waals surface area contributed by atoms with E-state index >= 15 is 0 Å². The molecule has 1 N–H and O–H groups in total. The topological polar surface area (TPSA) is 65.8 Å². The molecule has 0 unspecified atom stereocenters. The SMILES string of the molecule is C[C@@H](CCc1ccccc1)NC(=O)CSc1ncccc1C#N. The first-order chi connectivity index (χ1) is 11.2. The molecule has 0 aliphatic carbocycles. The van der Waals surface area contributed by atoms with Crippen LogP contribution < -0.4 is 5.32 Å². The molecule has 0 spiro atoms. The van der Waals surface area contributed by atoms with Gasteiger partial charge in [0.2, 0.25) is 5.91 Å². The van der Waals surface area contributed by atoms with Crippen molar-refractivity contribution in [2.75, 3.05) is 5.75 Å². The van der Waals surface area contributed by atoms with Gasteiger partial charge in [-0.1, -0.05) is 42.1 Å². The van der Waals surface area contributed by atoms with Gasteiger partial charge >= 0.3 is 0 Å². The summed E-state index contributed by atoms with van der Waals surface area (Å²) < 4.78 is 0. The fourth-order valence-corrected chi connectivity index (χ4v) is 2.90. The molecule has 2 rings (SSSR count). The molecule has 0 radical (unpaired) electrons. The second kappa shape index (κ2) is 8.96. The number of pyridine rings is 1. The number of aryl methyl sites for hydroxylation is 1. The van der Waals surface area contributed by atoms with E-state index < -0.39 is 0 Å². The fourth-order valence-electron chi connectivity index (χ4n) is 2.14. The van der Waals surface area contributed by atoms with Gasteiger partial charge in [-0.25, -0.2) is 4.98 Å². The monoisotopic (exact) mass is 325 g/mol. The molecule has 23 heavy (non-hydrogen) atoms. The van der Waals surface area contributed by atoms with Crippen LogP contribution in [0, 0.1) is 11.3 Å². The Morgan fingerprint density at radius 2 is 2.09 bits per heavy atom. The molecule has 5 heteroatoms. The zero-order chi connectivity index (χ0) is 16.5. The number of thioether (sulfide) groups is 1. The molecule has 4 nitrogen and oxygen atoms in total. The summed E-state index contributed by atoms with van der Waals surface area (Å²) in [5, 5.41) is 12.6. The number of amides is 1. The molecule has 1 aromatic heterocycles. The van der Waals surface area contributed by atoms with Crippen LogP contribution in [-0.4, -0.2) is 22.7 Å². The van der Waals surface area contributed by atoms with Crippen LogP contribution in [0.1, 0.15) is 24.5 Å². The molecule has 1 heterocycles. The van der Waals surface area contributed by atoms with Crippen molar-refractivity contribution < 1.29 is 4.79 Å². The number of benzene rings is 1. The molecule has 0 fully saturated rings. The van der Waals surface area contributed by atoms with Gasteiger partial charge in [0, 0.05) is 12.2 Å². The maximum atomic E-state index is 12.0. The Morgan fingerprint density at radius 1 is 1.30 bits per heavy atom. The van der Waals surface area contributed by atoms with Crippen LogP contribution in [-0.2, 0) is 11.2 Å². The molecule has 0 saturated carbocycles. The predicted octanol–water partition coefficient (Wildman–Crippen LogP) is 3.18. The van der Waals surface area contributed by atoms with Crippen molar-refractivity contribution in [1.82, 2.24) is 10.3 Å². The molecule has 0 bridgehead atoms. The van der Waals surface area contributed by atoms with E-state index in [0.717, 1.165) is 12.8 Å². The Kier molecular flexibility index (Phi) is 6.64. The zero-order valence-corrected chi connectivity index (χ0v) is 13.8. The van der Waals surface area contributed by atoms with Crippen molar-refractivity contribution in [1.29, 1.82) is 5.26 Å². The van der Waals surface area contributed by atoms with Crippen LogP contribution in [0.25, 0.3) is 0 Å². The highest BCUT2D eigenvalue weighted by atomic mass is 32.2. The highest BCUT2D eigenvalue weighted by molar-refractivity contribution is 7.99. The van der Waals surface area contributed by atoms with Crippen LogP contribution in [0.15, 0.2) is 53.7 Å². The van der Waals surface area contributed by atoms with Crippen molar-refractivity contribution in [2.45, 2.75) is 30.8 Å². The van der Waals surface area contributed by atoms with Gasteiger partial charge in [-0.2, -0.15) is 5.26 Å². The van der Waals surface area contributed by atoms with E-state index in [2.05, 4.69) is 28.5 Å². The van der Waals surface area contributed by atoms with E-state index in [1.165, 1.54) is 17.3 Å². The highest BCUT2D eigenvalue weighted by Crippen LogP contribution is 2.18. The summed E-state index contributed by atoms with van der Waals surface area (Å²) in [5.74, 6) is 0.228. The Labute approximate surface area is 140 Å². The molecule has 0 aliphatic rings. The van der Waals surface area contributed by atoms with E-state index in [9.17, 15) is 4.79 Å². The van der Waals surface area contributed by atoms with Crippen LogP contribution in [0.2, 0.25) is 0 Å². The Hall–Kier alpha value is -2.32. The Balaban J connectivity index is 1.75. The Bertz CT molecular complexity index is 682. The number of aromatic nitrogens is 1. The minimum Gasteiger partial charge on any atom is -0.353 e.